The summed E-state index contributed by atoms with van der Waals surface area (Å²) in [4.78, 5) is 29.6. The highest BCUT2D eigenvalue weighted by Gasteiger charge is 2.15. The van der Waals surface area contributed by atoms with Gasteiger partial charge < -0.3 is 9.73 Å². The second kappa shape index (κ2) is 7.00. The first-order valence-electron chi connectivity index (χ1n) is 8.97. The Hall–Kier alpha value is -3.77. The number of carbonyl (C=O) groups is 1. The smallest absolute Gasteiger partial charge is 0.347 e. The largest absolute Gasteiger partial charge is 0.403 e. The van der Waals surface area contributed by atoms with Gasteiger partial charge in [0.2, 0.25) is 5.89 Å². The molecule has 0 saturated heterocycles. The van der Waals surface area contributed by atoms with Crippen molar-refractivity contribution in [2.75, 3.05) is 5.32 Å². The van der Waals surface area contributed by atoms with E-state index in [1.54, 1.807) is 59.9 Å². The van der Waals surface area contributed by atoms with Crippen LogP contribution < -0.4 is 10.9 Å². The highest BCUT2D eigenvalue weighted by molar-refractivity contribution is 7.17. The summed E-state index contributed by atoms with van der Waals surface area (Å²) in [6.45, 7) is 0. The number of carbonyl (C=O) groups excluding carboxylic acids is 1. The average molecular weight is 398 g/mol. The van der Waals surface area contributed by atoms with Crippen molar-refractivity contribution in [3.05, 3.63) is 94.2 Å². The maximum atomic E-state index is 12.8. The molecule has 0 aliphatic rings. The zero-order valence-corrected chi connectivity index (χ0v) is 15.9. The molecule has 2 aromatic heterocycles. The minimum Gasteiger partial charge on any atom is -0.403 e. The second-order valence-corrected chi connectivity index (χ2v) is 7.44. The van der Waals surface area contributed by atoms with Crippen LogP contribution in [0.25, 0.3) is 32.4 Å². The van der Waals surface area contributed by atoms with Gasteiger partial charge in [-0.25, -0.2) is 9.78 Å². The first kappa shape index (κ1) is 17.3. The summed E-state index contributed by atoms with van der Waals surface area (Å²) < 4.78 is 6.48. The molecule has 3 aromatic carbocycles. The van der Waals surface area contributed by atoms with E-state index in [-0.39, 0.29) is 11.8 Å². The van der Waals surface area contributed by atoms with E-state index in [1.807, 2.05) is 29.6 Å². The van der Waals surface area contributed by atoms with Gasteiger partial charge in [0.15, 0.2) is 0 Å². The topological polar surface area (TPSA) is 72.2 Å². The fraction of sp³-hybridized carbons (Fsp3) is 0. The van der Waals surface area contributed by atoms with Crippen LogP contribution in [0.3, 0.4) is 0 Å². The first-order valence-corrected chi connectivity index (χ1v) is 9.85. The highest BCUT2D eigenvalue weighted by Crippen LogP contribution is 2.28. The van der Waals surface area contributed by atoms with E-state index in [2.05, 4.69) is 10.3 Å². The van der Waals surface area contributed by atoms with Gasteiger partial charge in [0.05, 0.1) is 22.2 Å². The number of nitrogens with zero attached hydrogens (tertiary/aromatic N) is 1. The number of hydrogen-bond donors (Lipinski definition) is 1. The lowest BCUT2D eigenvalue weighted by Crippen LogP contribution is -2.13. The molecule has 0 aliphatic heterocycles. The van der Waals surface area contributed by atoms with Gasteiger partial charge in [-0.1, -0.05) is 30.3 Å². The third-order valence-corrected chi connectivity index (χ3v) is 5.54. The molecule has 1 N–H and O–H groups in total. The molecule has 0 radical (unpaired) electrons. The van der Waals surface area contributed by atoms with Crippen LogP contribution >= 0.6 is 11.3 Å². The number of rotatable bonds is 3. The van der Waals surface area contributed by atoms with Crippen molar-refractivity contribution in [3.8, 4) is 11.5 Å². The van der Waals surface area contributed by atoms with Crippen LogP contribution in [0.15, 0.2) is 87.4 Å². The van der Waals surface area contributed by atoms with Crippen molar-refractivity contribution in [1.29, 1.82) is 0 Å². The van der Waals surface area contributed by atoms with Crippen molar-refractivity contribution in [3.63, 3.8) is 0 Å². The summed E-state index contributed by atoms with van der Waals surface area (Å²) in [6.07, 6.45) is 0. The fourth-order valence-corrected chi connectivity index (χ4v) is 4.03. The van der Waals surface area contributed by atoms with Crippen LogP contribution in [-0.2, 0) is 0 Å². The molecule has 0 unspecified atom stereocenters. The molecular formula is C23H14N2O3S. The molecule has 0 fully saturated rings. The Morgan fingerprint density at radius 1 is 0.966 bits per heavy atom. The van der Waals surface area contributed by atoms with Crippen molar-refractivity contribution in [2.24, 2.45) is 0 Å². The average Bonchev–Trinajstić information content (AvgIpc) is 3.22. The maximum absolute atomic E-state index is 12.8. The van der Waals surface area contributed by atoms with Crippen molar-refractivity contribution >= 4 is 43.9 Å². The number of benzene rings is 3. The van der Waals surface area contributed by atoms with Gasteiger partial charge in [-0.2, -0.15) is 0 Å². The lowest BCUT2D eigenvalue weighted by molar-refractivity contribution is 0.102. The molecule has 5 aromatic rings. The summed E-state index contributed by atoms with van der Waals surface area (Å²) in [5, 5.41) is 6.43. The lowest BCUT2D eigenvalue weighted by Gasteiger charge is -2.10. The number of hydrogen-bond acceptors (Lipinski definition) is 5. The Morgan fingerprint density at radius 2 is 1.79 bits per heavy atom. The van der Waals surface area contributed by atoms with Gasteiger partial charge in [0, 0.05) is 10.3 Å². The number of fused-ring (bicyclic) bond motifs is 2. The Kier molecular flexibility index (Phi) is 4.18. The van der Waals surface area contributed by atoms with E-state index in [0.29, 0.717) is 27.7 Å². The Balaban J connectivity index is 1.54. The molecule has 5 nitrogen and oxygen atoms in total. The molecule has 0 bridgehead atoms. The summed E-state index contributed by atoms with van der Waals surface area (Å²) in [7, 11) is 0. The fourth-order valence-electron chi connectivity index (χ4n) is 3.20. The minimum atomic E-state index is -0.463. The monoisotopic (exact) mass is 398 g/mol. The predicted molar refractivity (Wildman–Crippen MR) is 115 cm³/mol. The van der Waals surface area contributed by atoms with Gasteiger partial charge >= 0.3 is 5.63 Å². The Morgan fingerprint density at radius 3 is 2.72 bits per heavy atom. The summed E-state index contributed by atoms with van der Waals surface area (Å²) in [5.74, 6) is -0.0748. The molecule has 6 heteroatoms. The molecule has 5 rings (SSSR count). The van der Waals surface area contributed by atoms with E-state index in [9.17, 15) is 9.59 Å². The summed E-state index contributed by atoms with van der Waals surface area (Å²) in [5.41, 5.74) is 1.70. The molecule has 0 aliphatic carbocycles. The Labute approximate surface area is 169 Å². The third kappa shape index (κ3) is 3.19. The van der Waals surface area contributed by atoms with Gasteiger partial charge in [-0.3, -0.25) is 4.79 Å². The molecule has 1 amide bonds. The third-order valence-electron chi connectivity index (χ3n) is 4.66. The number of aromatic nitrogens is 1. The highest BCUT2D eigenvalue weighted by atomic mass is 32.1. The van der Waals surface area contributed by atoms with E-state index >= 15 is 0 Å². The van der Waals surface area contributed by atoms with E-state index < -0.39 is 5.63 Å². The zero-order chi connectivity index (χ0) is 19.8. The molecule has 140 valence electrons. The molecule has 0 saturated carbocycles. The lowest BCUT2D eigenvalue weighted by atomic mass is 10.1. The molecule has 0 atom stereocenters. The number of anilines is 1. The van der Waals surface area contributed by atoms with Crippen LogP contribution in [0, 0.1) is 0 Å². The van der Waals surface area contributed by atoms with E-state index in [0.717, 1.165) is 10.1 Å². The number of para-hydroxylation sites is 2. The van der Waals surface area contributed by atoms with Gasteiger partial charge in [-0.15, -0.1) is 11.3 Å². The maximum Gasteiger partial charge on any atom is 0.347 e. The molecule has 2 heterocycles. The minimum absolute atomic E-state index is 0.165. The van der Waals surface area contributed by atoms with Crippen molar-refractivity contribution < 1.29 is 9.21 Å². The molecule has 29 heavy (non-hydrogen) atoms. The first-order chi connectivity index (χ1) is 14.2. The second-order valence-electron chi connectivity index (χ2n) is 6.50. The van der Waals surface area contributed by atoms with Gasteiger partial charge in [-0.05, 0) is 53.2 Å². The SMILES string of the molecule is O=C(Nc1ccccc1-c1nc2ccccc2c(=O)o1)c1ccc2ccsc2c1. The predicted octanol–water partition coefficient (Wildman–Crippen LogP) is 5.32. The number of nitrogens with one attached hydrogen (secondary N) is 1. The van der Waals surface area contributed by atoms with Crippen LogP contribution in [0.5, 0.6) is 0 Å². The molecular weight excluding hydrogens is 384 g/mol. The number of thiophene rings is 1. The van der Waals surface area contributed by atoms with Crippen molar-refractivity contribution in [1.82, 2.24) is 4.98 Å². The van der Waals surface area contributed by atoms with E-state index in [1.165, 1.54) is 0 Å². The normalized spacial score (nSPS) is 11.0. The van der Waals surface area contributed by atoms with E-state index in [4.69, 9.17) is 4.42 Å². The summed E-state index contributed by atoms with van der Waals surface area (Å²) in [6, 6.07) is 21.7. The zero-order valence-electron chi connectivity index (χ0n) is 15.1. The van der Waals surface area contributed by atoms with Crippen LogP contribution in [0.2, 0.25) is 0 Å². The Bertz CT molecular complexity index is 1440. The van der Waals surface area contributed by atoms with Crippen LogP contribution in [-0.4, -0.2) is 10.9 Å². The standard InChI is InChI=1S/C23H14N2O3S/c26-21(15-10-9-14-11-12-29-20(14)13-15)24-18-7-3-1-5-16(18)22-25-19-8-4-2-6-17(19)23(27)28-22/h1-13H,(H,24,26). The van der Waals surface area contributed by atoms with Crippen molar-refractivity contribution in [2.45, 2.75) is 0 Å². The van der Waals surface area contributed by atoms with Gasteiger partial charge in [0.25, 0.3) is 5.91 Å². The quantitative estimate of drug-likeness (QED) is 0.446. The number of amides is 1. The summed E-state index contributed by atoms with van der Waals surface area (Å²) >= 11 is 1.59. The van der Waals surface area contributed by atoms with Crippen LogP contribution in [0.1, 0.15) is 10.4 Å². The van der Waals surface area contributed by atoms with Crippen LogP contribution in [0.4, 0.5) is 5.69 Å². The van der Waals surface area contributed by atoms with Gasteiger partial charge in [0.1, 0.15) is 0 Å². The molecule has 0 spiro atoms.